The van der Waals surface area contributed by atoms with Crippen LogP contribution >= 0.6 is 11.5 Å². The molecule has 2 N–H and O–H groups in total. The Balaban J connectivity index is 2.33. The monoisotopic (exact) mass is 257 g/mol. The quantitative estimate of drug-likeness (QED) is 0.795. The fourth-order valence-corrected chi connectivity index (χ4v) is 1.83. The van der Waals surface area contributed by atoms with E-state index in [0.717, 1.165) is 11.5 Å². The van der Waals surface area contributed by atoms with Gasteiger partial charge in [0.05, 0.1) is 5.69 Å². The third-order valence-electron chi connectivity index (χ3n) is 2.32. The molecule has 0 saturated carbocycles. The number of hydrogen-bond acceptors (Lipinski definition) is 5. The number of nitrogens with zero attached hydrogens (tertiary/aromatic N) is 2. The molecule has 0 aliphatic carbocycles. The van der Waals surface area contributed by atoms with Crippen molar-refractivity contribution in [1.82, 2.24) is 14.9 Å². The minimum atomic E-state index is -0.814. The molecule has 0 bridgehead atoms. The zero-order valence-corrected chi connectivity index (χ0v) is 10.6. The van der Waals surface area contributed by atoms with E-state index in [-0.39, 0.29) is 18.2 Å². The SMILES string of the molecule is Cc1nnsc1C(=O)NCC(C)CCC(=O)O. The van der Waals surface area contributed by atoms with Gasteiger partial charge < -0.3 is 10.4 Å². The fourth-order valence-electron chi connectivity index (χ4n) is 1.26. The molecule has 1 rings (SSSR count). The normalized spacial score (nSPS) is 12.1. The molecular weight excluding hydrogens is 242 g/mol. The highest BCUT2D eigenvalue weighted by Crippen LogP contribution is 2.09. The van der Waals surface area contributed by atoms with Gasteiger partial charge in [-0.15, -0.1) is 5.10 Å². The number of carbonyl (C=O) groups is 2. The molecule has 0 saturated heterocycles. The van der Waals surface area contributed by atoms with Crippen LogP contribution in [0.5, 0.6) is 0 Å². The summed E-state index contributed by atoms with van der Waals surface area (Å²) < 4.78 is 3.68. The van der Waals surface area contributed by atoms with Crippen LogP contribution in [-0.2, 0) is 4.79 Å². The second-order valence-electron chi connectivity index (χ2n) is 3.94. The van der Waals surface area contributed by atoms with E-state index in [2.05, 4.69) is 14.9 Å². The summed E-state index contributed by atoms with van der Waals surface area (Å²) in [5.74, 6) is -0.874. The average molecular weight is 257 g/mol. The highest BCUT2D eigenvalue weighted by atomic mass is 32.1. The Bertz CT molecular complexity index is 405. The van der Waals surface area contributed by atoms with Gasteiger partial charge in [-0.1, -0.05) is 11.4 Å². The molecule has 0 spiro atoms. The van der Waals surface area contributed by atoms with Crippen LogP contribution in [0.3, 0.4) is 0 Å². The Kier molecular flexibility index (Phi) is 5.02. The first-order valence-corrected chi connectivity index (χ1v) is 6.07. The molecule has 6 nitrogen and oxygen atoms in total. The lowest BCUT2D eigenvalue weighted by atomic mass is 10.1. The van der Waals surface area contributed by atoms with E-state index < -0.39 is 5.97 Å². The summed E-state index contributed by atoms with van der Waals surface area (Å²) in [5.41, 5.74) is 0.616. The summed E-state index contributed by atoms with van der Waals surface area (Å²) in [6, 6.07) is 0. The average Bonchev–Trinajstić information content (AvgIpc) is 2.69. The van der Waals surface area contributed by atoms with Gasteiger partial charge in [-0.3, -0.25) is 9.59 Å². The fraction of sp³-hybridized carbons (Fsp3) is 0.600. The van der Waals surface area contributed by atoms with E-state index in [1.807, 2.05) is 6.92 Å². The van der Waals surface area contributed by atoms with E-state index in [0.29, 0.717) is 23.5 Å². The Labute approximate surface area is 103 Å². The number of carboxylic acid groups (broad SMARTS) is 1. The van der Waals surface area contributed by atoms with Gasteiger partial charge in [-0.25, -0.2) is 0 Å². The Morgan fingerprint density at radius 3 is 2.76 bits per heavy atom. The first-order valence-electron chi connectivity index (χ1n) is 5.29. The number of aliphatic carboxylic acids is 1. The maximum Gasteiger partial charge on any atom is 0.303 e. The zero-order chi connectivity index (χ0) is 12.8. The van der Waals surface area contributed by atoms with Crippen molar-refractivity contribution in [2.75, 3.05) is 6.54 Å². The second kappa shape index (κ2) is 6.29. The lowest BCUT2D eigenvalue weighted by molar-refractivity contribution is -0.137. The number of carboxylic acids is 1. The summed E-state index contributed by atoms with van der Waals surface area (Å²) in [6.07, 6.45) is 0.674. The summed E-state index contributed by atoms with van der Waals surface area (Å²) >= 11 is 1.06. The number of nitrogens with one attached hydrogen (secondary N) is 1. The smallest absolute Gasteiger partial charge is 0.303 e. The molecule has 0 fully saturated rings. The molecule has 1 amide bonds. The number of amides is 1. The van der Waals surface area contributed by atoms with Crippen LogP contribution in [-0.4, -0.2) is 33.1 Å². The molecule has 1 unspecified atom stereocenters. The van der Waals surface area contributed by atoms with Gasteiger partial charge in [0.2, 0.25) is 0 Å². The molecule has 1 aromatic rings. The highest BCUT2D eigenvalue weighted by molar-refractivity contribution is 7.07. The first-order chi connectivity index (χ1) is 8.00. The molecule has 1 atom stereocenters. The van der Waals surface area contributed by atoms with E-state index >= 15 is 0 Å². The van der Waals surface area contributed by atoms with Crippen molar-refractivity contribution in [2.45, 2.75) is 26.7 Å². The maximum atomic E-state index is 11.7. The van der Waals surface area contributed by atoms with Crippen molar-refractivity contribution in [1.29, 1.82) is 0 Å². The maximum absolute atomic E-state index is 11.7. The van der Waals surface area contributed by atoms with Gasteiger partial charge in [-0.2, -0.15) is 0 Å². The number of aryl methyl sites for hydroxylation is 1. The summed E-state index contributed by atoms with van der Waals surface area (Å²) in [7, 11) is 0. The van der Waals surface area contributed by atoms with Gasteiger partial charge in [0.15, 0.2) is 0 Å². The zero-order valence-electron chi connectivity index (χ0n) is 9.77. The van der Waals surface area contributed by atoms with Gasteiger partial charge in [0.25, 0.3) is 5.91 Å². The standard InChI is InChI=1S/C10H15N3O3S/c1-6(3-4-8(14)15)5-11-10(16)9-7(2)12-13-17-9/h6H,3-5H2,1-2H3,(H,11,16)(H,14,15). The lowest BCUT2D eigenvalue weighted by Gasteiger charge is -2.10. The summed E-state index contributed by atoms with van der Waals surface area (Å²) in [6.45, 7) is 4.09. The van der Waals surface area contributed by atoms with E-state index in [9.17, 15) is 9.59 Å². The van der Waals surface area contributed by atoms with Gasteiger partial charge in [-0.05, 0) is 30.8 Å². The van der Waals surface area contributed by atoms with Crippen LogP contribution < -0.4 is 5.32 Å². The lowest BCUT2D eigenvalue weighted by Crippen LogP contribution is -2.28. The molecule has 1 heterocycles. The van der Waals surface area contributed by atoms with Crippen LogP contribution in [0.25, 0.3) is 0 Å². The van der Waals surface area contributed by atoms with E-state index in [4.69, 9.17) is 5.11 Å². The van der Waals surface area contributed by atoms with E-state index in [1.165, 1.54) is 0 Å². The van der Waals surface area contributed by atoms with Crippen molar-refractivity contribution in [2.24, 2.45) is 5.92 Å². The third-order valence-corrected chi connectivity index (χ3v) is 3.15. The predicted octanol–water partition coefficient (Wildman–Crippen LogP) is 1.08. The summed E-state index contributed by atoms with van der Waals surface area (Å²) in [5, 5.41) is 15.0. The van der Waals surface area contributed by atoms with Gasteiger partial charge >= 0.3 is 5.97 Å². The van der Waals surface area contributed by atoms with Crippen LogP contribution in [0.4, 0.5) is 0 Å². The van der Waals surface area contributed by atoms with Crippen molar-refractivity contribution in [3.8, 4) is 0 Å². The minimum absolute atomic E-state index is 0.123. The summed E-state index contributed by atoms with van der Waals surface area (Å²) in [4.78, 5) is 22.6. The number of hydrogen-bond donors (Lipinski definition) is 2. The molecular formula is C10H15N3O3S. The molecule has 7 heteroatoms. The van der Waals surface area contributed by atoms with Gasteiger partial charge in [0.1, 0.15) is 4.88 Å². The molecule has 94 valence electrons. The highest BCUT2D eigenvalue weighted by Gasteiger charge is 2.14. The molecule has 0 radical (unpaired) electrons. The van der Waals surface area contributed by atoms with Gasteiger partial charge in [0, 0.05) is 13.0 Å². The van der Waals surface area contributed by atoms with Crippen LogP contribution in [0, 0.1) is 12.8 Å². The Hall–Kier alpha value is -1.50. The topological polar surface area (TPSA) is 92.2 Å². The van der Waals surface area contributed by atoms with Crippen LogP contribution in [0.1, 0.15) is 35.1 Å². The number of rotatable bonds is 6. The van der Waals surface area contributed by atoms with Crippen molar-refractivity contribution in [3.63, 3.8) is 0 Å². The molecule has 0 aromatic carbocycles. The number of aromatic nitrogens is 2. The molecule has 0 aliphatic heterocycles. The van der Waals surface area contributed by atoms with Crippen LogP contribution in [0.15, 0.2) is 0 Å². The molecule has 1 aromatic heterocycles. The minimum Gasteiger partial charge on any atom is -0.481 e. The second-order valence-corrected chi connectivity index (χ2v) is 4.69. The van der Waals surface area contributed by atoms with E-state index in [1.54, 1.807) is 6.92 Å². The van der Waals surface area contributed by atoms with Crippen LogP contribution in [0.2, 0.25) is 0 Å². The Morgan fingerprint density at radius 1 is 1.53 bits per heavy atom. The molecule has 0 aliphatic rings. The largest absolute Gasteiger partial charge is 0.481 e. The first kappa shape index (κ1) is 13.6. The van der Waals surface area contributed by atoms with Crippen molar-refractivity contribution in [3.05, 3.63) is 10.6 Å². The number of carbonyl (C=O) groups excluding carboxylic acids is 1. The third kappa shape index (κ3) is 4.48. The van der Waals surface area contributed by atoms with Crippen molar-refractivity contribution < 1.29 is 14.7 Å². The van der Waals surface area contributed by atoms with Crippen molar-refractivity contribution >= 4 is 23.4 Å². The molecule has 17 heavy (non-hydrogen) atoms. The predicted molar refractivity (Wildman–Crippen MR) is 63.0 cm³/mol. The Morgan fingerprint density at radius 2 is 2.24 bits per heavy atom.